The number of amides is 1. The van der Waals surface area contributed by atoms with Crippen LogP contribution in [0.15, 0.2) is 30.3 Å². The average molecular weight is 488 g/mol. The first-order valence-electron chi connectivity index (χ1n) is 11.4. The highest BCUT2D eigenvalue weighted by atomic mass is 32.1. The van der Waals surface area contributed by atoms with Crippen LogP contribution in [-0.4, -0.2) is 69.9 Å². The highest BCUT2D eigenvalue weighted by Crippen LogP contribution is 2.39. The van der Waals surface area contributed by atoms with Crippen LogP contribution in [0.2, 0.25) is 0 Å². The van der Waals surface area contributed by atoms with Crippen molar-refractivity contribution in [3.05, 3.63) is 35.9 Å². The van der Waals surface area contributed by atoms with Crippen molar-refractivity contribution in [2.75, 3.05) is 59.0 Å². The normalized spacial score (nSPS) is 11.0. The van der Waals surface area contributed by atoms with Gasteiger partial charge in [0.2, 0.25) is 5.75 Å². The van der Waals surface area contributed by atoms with E-state index in [9.17, 15) is 4.79 Å². The predicted molar refractivity (Wildman–Crippen MR) is 136 cm³/mol. The first-order valence-corrected chi connectivity index (χ1v) is 12.2. The van der Waals surface area contributed by atoms with E-state index in [1.165, 1.54) is 32.7 Å². The van der Waals surface area contributed by atoms with Crippen LogP contribution in [0.1, 0.15) is 31.1 Å². The van der Waals surface area contributed by atoms with Crippen molar-refractivity contribution in [2.24, 2.45) is 0 Å². The number of rotatable bonds is 12. The summed E-state index contributed by atoms with van der Waals surface area (Å²) < 4.78 is 22.9. The van der Waals surface area contributed by atoms with Gasteiger partial charge < -0.3 is 23.8 Å². The largest absolute Gasteiger partial charge is 0.494 e. The summed E-state index contributed by atoms with van der Waals surface area (Å²) in [6, 6.07) is 9.14. The minimum atomic E-state index is -0.185. The number of aromatic nitrogens is 1. The Labute approximate surface area is 205 Å². The minimum absolute atomic E-state index is 0.185. The highest BCUT2D eigenvalue weighted by Gasteiger charge is 2.25. The number of nitrogens with zero attached hydrogens (tertiary/aromatic N) is 3. The van der Waals surface area contributed by atoms with Gasteiger partial charge in [-0.05, 0) is 50.3 Å². The average Bonchev–Trinajstić information content (AvgIpc) is 3.28. The second-order valence-corrected chi connectivity index (χ2v) is 8.47. The van der Waals surface area contributed by atoms with Crippen LogP contribution in [0.25, 0.3) is 10.2 Å². The van der Waals surface area contributed by atoms with Crippen LogP contribution >= 0.6 is 11.3 Å². The first kappa shape index (κ1) is 25.6. The topological polar surface area (TPSA) is 73.4 Å². The van der Waals surface area contributed by atoms with Crippen molar-refractivity contribution in [2.45, 2.75) is 20.8 Å². The van der Waals surface area contributed by atoms with Crippen molar-refractivity contribution in [3.8, 4) is 23.0 Å². The molecule has 34 heavy (non-hydrogen) atoms. The lowest BCUT2D eigenvalue weighted by atomic mass is 10.1. The van der Waals surface area contributed by atoms with Gasteiger partial charge in [0.1, 0.15) is 5.75 Å². The summed E-state index contributed by atoms with van der Waals surface area (Å²) in [6.07, 6.45) is 0. The molecule has 0 bridgehead atoms. The molecule has 0 spiro atoms. The Bertz CT molecular complexity index is 1090. The maximum Gasteiger partial charge on any atom is 0.260 e. The van der Waals surface area contributed by atoms with Crippen LogP contribution in [0.3, 0.4) is 0 Å². The number of anilines is 1. The van der Waals surface area contributed by atoms with Gasteiger partial charge in [-0.3, -0.25) is 9.69 Å². The van der Waals surface area contributed by atoms with Crippen LogP contribution in [0.4, 0.5) is 5.13 Å². The van der Waals surface area contributed by atoms with Crippen LogP contribution in [-0.2, 0) is 0 Å². The zero-order valence-corrected chi connectivity index (χ0v) is 21.5. The van der Waals surface area contributed by atoms with Gasteiger partial charge in [0.25, 0.3) is 5.91 Å². The summed E-state index contributed by atoms with van der Waals surface area (Å²) in [5.74, 6) is 1.91. The SMILES string of the molecule is CCOc1ccc2nc(N(CCN(CC)CC)C(=O)c3cc(OC)c(OC)c(OC)c3)sc2c1. The number of thiazole rings is 1. The van der Waals surface area contributed by atoms with Gasteiger partial charge in [0, 0.05) is 18.7 Å². The van der Waals surface area contributed by atoms with Crippen LogP contribution in [0.5, 0.6) is 23.0 Å². The Balaban J connectivity index is 2.04. The van der Waals surface area contributed by atoms with Crippen LogP contribution < -0.4 is 23.8 Å². The van der Waals surface area contributed by atoms with Gasteiger partial charge in [0.05, 0.1) is 38.2 Å². The van der Waals surface area contributed by atoms with Gasteiger partial charge in [-0.2, -0.15) is 0 Å². The molecule has 3 aromatic rings. The zero-order valence-electron chi connectivity index (χ0n) is 20.7. The molecule has 0 N–H and O–H groups in total. The molecule has 1 heterocycles. The molecular weight excluding hydrogens is 454 g/mol. The highest BCUT2D eigenvalue weighted by molar-refractivity contribution is 7.22. The summed E-state index contributed by atoms with van der Waals surface area (Å²) in [6.45, 7) is 9.79. The number of carbonyl (C=O) groups excluding carboxylic acids is 1. The molecule has 0 fully saturated rings. The lowest BCUT2D eigenvalue weighted by Gasteiger charge is -2.25. The fraction of sp³-hybridized carbons (Fsp3) is 0.440. The Morgan fingerprint density at radius 3 is 2.18 bits per heavy atom. The molecule has 0 aliphatic rings. The molecule has 8 nitrogen and oxygen atoms in total. The van der Waals surface area contributed by atoms with E-state index in [0.717, 1.165) is 35.6 Å². The third kappa shape index (κ3) is 5.53. The third-order valence-electron chi connectivity index (χ3n) is 5.58. The van der Waals surface area contributed by atoms with Gasteiger partial charge >= 0.3 is 0 Å². The Kier molecular flexibility index (Phi) is 8.95. The smallest absolute Gasteiger partial charge is 0.260 e. The molecule has 2 aromatic carbocycles. The van der Waals surface area contributed by atoms with Crippen LogP contribution in [0, 0.1) is 0 Å². The van der Waals surface area contributed by atoms with Crippen molar-refractivity contribution < 1.29 is 23.7 Å². The van der Waals surface area contributed by atoms with Crippen molar-refractivity contribution >= 4 is 32.6 Å². The fourth-order valence-corrected chi connectivity index (χ4v) is 4.71. The summed E-state index contributed by atoms with van der Waals surface area (Å²) in [4.78, 5) is 22.6. The second kappa shape index (κ2) is 11.9. The number of methoxy groups -OCH3 is 3. The molecule has 3 rings (SSSR count). The van der Waals surface area contributed by atoms with E-state index in [4.69, 9.17) is 23.9 Å². The Hall–Kier alpha value is -3.04. The molecule has 0 radical (unpaired) electrons. The Morgan fingerprint density at radius 1 is 0.941 bits per heavy atom. The van der Waals surface area contributed by atoms with Crippen molar-refractivity contribution in [1.82, 2.24) is 9.88 Å². The van der Waals surface area contributed by atoms with E-state index in [-0.39, 0.29) is 5.91 Å². The lowest BCUT2D eigenvalue weighted by molar-refractivity contribution is 0.0983. The summed E-state index contributed by atoms with van der Waals surface area (Å²) in [7, 11) is 4.61. The molecule has 0 saturated heterocycles. The first-order chi connectivity index (χ1) is 16.5. The number of hydrogen-bond donors (Lipinski definition) is 0. The van der Waals surface area contributed by atoms with Gasteiger partial charge in [-0.1, -0.05) is 25.2 Å². The van der Waals surface area contributed by atoms with E-state index in [1.54, 1.807) is 17.0 Å². The molecule has 1 amide bonds. The van der Waals surface area contributed by atoms with Gasteiger partial charge in [-0.15, -0.1) is 0 Å². The number of hydrogen-bond acceptors (Lipinski definition) is 8. The maximum atomic E-state index is 13.8. The van der Waals surface area contributed by atoms with Crippen molar-refractivity contribution in [3.63, 3.8) is 0 Å². The summed E-state index contributed by atoms with van der Waals surface area (Å²) >= 11 is 1.47. The van der Waals surface area contributed by atoms with Crippen molar-refractivity contribution in [1.29, 1.82) is 0 Å². The standard InChI is InChI=1S/C25H33N3O5S/c1-7-27(8-2)12-13-28(25-26-19-11-10-18(33-9-3)16-22(19)34-25)24(29)17-14-20(30-4)23(32-6)21(15-17)31-5/h10-11,14-16H,7-9,12-13H2,1-6H3. The number of ether oxygens (including phenoxy) is 4. The van der Waals surface area contributed by atoms with E-state index < -0.39 is 0 Å². The fourth-order valence-electron chi connectivity index (χ4n) is 3.69. The van der Waals surface area contributed by atoms with E-state index in [2.05, 4.69) is 18.7 Å². The quantitative estimate of drug-likeness (QED) is 0.366. The third-order valence-corrected chi connectivity index (χ3v) is 6.62. The molecule has 0 aliphatic carbocycles. The Morgan fingerprint density at radius 2 is 1.62 bits per heavy atom. The van der Waals surface area contributed by atoms with E-state index in [0.29, 0.717) is 41.1 Å². The summed E-state index contributed by atoms with van der Waals surface area (Å²) in [5, 5.41) is 0.634. The number of carbonyl (C=O) groups is 1. The molecule has 1 aromatic heterocycles. The summed E-state index contributed by atoms with van der Waals surface area (Å²) in [5.41, 5.74) is 1.26. The van der Waals surface area contributed by atoms with E-state index >= 15 is 0 Å². The minimum Gasteiger partial charge on any atom is -0.494 e. The molecule has 0 saturated carbocycles. The number of benzene rings is 2. The molecule has 9 heteroatoms. The molecular formula is C25H33N3O5S. The second-order valence-electron chi connectivity index (χ2n) is 7.46. The van der Waals surface area contributed by atoms with Gasteiger partial charge in [-0.25, -0.2) is 4.98 Å². The van der Waals surface area contributed by atoms with E-state index in [1.807, 2.05) is 25.1 Å². The molecule has 0 aliphatic heterocycles. The lowest BCUT2D eigenvalue weighted by Crippen LogP contribution is -2.38. The monoisotopic (exact) mass is 487 g/mol. The zero-order chi connectivity index (χ0) is 24.7. The predicted octanol–water partition coefficient (Wildman–Crippen LogP) is 4.71. The number of likely N-dealkylation sites (N-methyl/N-ethyl adjacent to an activating group) is 1. The van der Waals surface area contributed by atoms with Gasteiger partial charge in [0.15, 0.2) is 16.6 Å². The number of fused-ring (bicyclic) bond motifs is 1. The molecule has 0 atom stereocenters. The molecule has 184 valence electrons. The maximum absolute atomic E-state index is 13.8. The molecule has 0 unspecified atom stereocenters.